The molecule has 0 aliphatic carbocycles. The fourth-order valence-corrected chi connectivity index (χ4v) is 0.958. The van der Waals surface area contributed by atoms with Gasteiger partial charge < -0.3 is 0 Å². The van der Waals surface area contributed by atoms with Crippen LogP contribution in [0.5, 0.6) is 0 Å². The first-order chi connectivity index (χ1) is 5.66. The minimum atomic E-state index is -0.650. The summed E-state index contributed by atoms with van der Waals surface area (Å²) in [7, 11) is 0. The molecule has 2 rings (SSSR count). The quantitative estimate of drug-likeness (QED) is 0.394. The molecule has 0 aliphatic heterocycles. The number of fused-ring (bicyclic) bond motifs is 1. The van der Waals surface area contributed by atoms with Crippen molar-refractivity contribution in [2.75, 3.05) is 0 Å². The van der Waals surface area contributed by atoms with E-state index in [1.807, 2.05) is 4.98 Å². The van der Waals surface area contributed by atoms with Crippen molar-refractivity contribution < 1.29 is 0 Å². The van der Waals surface area contributed by atoms with Gasteiger partial charge in [-0.25, -0.2) is 9.59 Å². The molecule has 66 valence electrons. The first-order valence-corrected chi connectivity index (χ1v) is 3.11. The average Bonchev–Trinajstić information content (AvgIpc) is 2.29. The van der Waals surface area contributed by atoms with Crippen LogP contribution in [-0.4, -0.2) is 47.2 Å². The second-order valence-electron chi connectivity index (χ2n) is 2.24. The maximum absolute atomic E-state index is 10.9. The summed E-state index contributed by atoms with van der Waals surface area (Å²) < 4.78 is 0. The van der Waals surface area contributed by atoms with Crippen LogP contribution < -0.4 is 16.9 Å². The molecule has 0 aliphatic rings. The molecule has 0 amide bonds. The number of nitrogens with one attached hydrogen (secondary N) is 4. The molecule has 2 heterocycles. The Morgan fingerprint density at radius 3 is 1.92 bits per heavy atom. The molecule has 4 radical (unpaired) electrons. The number of aromatic nitrogens is 4. The zero-order valence-corrected chi connectivity index (χ0v) is 10.1. The molecule has 0 spiro atoms. The smallest absolute Gasteiger partial charge is 0.300 e. The van der Waals surface area contributed by atoms with E-state index in [1.54, 1.807) is 0 Å². The Hall–Kier alpha value is -1.13. The molecule has 13 heavy (non-hydrogen) atoms. The van der Waals surface area contributed by atoms with Crippen molar-refractivity contribution in [2.45, 2.75) is 0 Å². The second-order valence-corrected chi connectivity index (χ2v) is 2.24. The third-order valence-electron chi connectivity index (χ3n) is 1.42. The van der Waals surface area contributed by atoms with Crippen LogP contribution in [0, 0.1) is 0 Å². The molecule has 8 heteroatoms. The number of hydrogen-bond acceptors (Lipinski definition) is 3. The fraction of sp³-hybridized carbons (Fsp3) is 0. The Kier molecular flexibility index (Phi) is 2.54. The molecular formula is C5H4N4O3Pb. The molecule has 0 saturated carbocycles. The second kappa shape index (κ2) is 3.32. The van der Waals surface area contributed by atoms with Crippen LogP contribution in [0.15, 0.2) is 14.4 Å². The molecule has 0 bridgehead atoms. The van der Waals surface area contributed by atoms with Gasteiger partial charge in [-0.2, -0.15) is 0 Å². The van der Waals surface area contributed by atoms with Gasteiger partial charge in [0.25, 0.3) is 5.56 Å². The zero-order chi connectivity index (χ0) is 8.72. The number of hydrogen-bond donors (Lipinski definition) is 4. The van der Waals surface area contributed by atoms with Crippen molar-refractivity contribution >= 4 is 38.5 Å². The third-order valence-corrected chi connectivity index (χ3v) is 1.42. The summed E-state index contributed by atoms with van der Waals surface area (Å²) in [5.74, 6) is 0. The van der Waals surface area contributed by atoms with E-state index in [0.717, 1.165) is 0 Å². The van der Waals surface area contributed by atoms with E-state index in [-0.39, 0.29) is 38.5 Å². The molecule has 7 nitrogen and oxygen atoms in total. The number of rotatable bonds is 0. The van der Waals surface area contributed by atoms with Crippen molar-refractivity contribution in [3.63, 3.8) is 0 Å². The van der Waals surface area contributed by atoms with Gasteiger partial charge in [0.15, 0.2) is 0 Å². The molecule has 0 atom stereocenters. The molecule has 0 unspecified atom stereocenters. The fourth-order valence-electron chi connectivity index (χ4n) is 0.958. The van der Waals surface area contributed by atoms with Crippen LogP contribution >= 0.6 is 0 Å². The van der Waals surface area contributed by atoms with Gasteiger partial charge in [0.2, 0.25) is 0 Å². The van der Waals surface area contributed by atoms with Crippen LogP contribution in [-0.2, 0) is 0 Å². The minimum absolute atomic E-state index is 0. The molecular weight excluding hydrogens is 371 g/mol. The summed E-state index contributed by atoms with van der Waals surface area (Å²) in [5.41, 5.74) is -1.65. The van der Waals surface area contributed by atoms with Crippen LogP contribution in [0.25, 0.3) is 11.2 Å². The zero-order valence-electron chi connectivity index (χ0n) is 6.22. The summed E-state index contributed by atoms with van der Waals surface area (Å²) in [6.07, 6.45) is 0. The monoisotopic (exact) mass is 376 g/mol. The van der Waals surface area contributed by atoms with E-state index in [0.29, 0.717) is 0 Å². The molecule has 0 aromatic carbocycles. The summed E-state index contributed by atoms with van der Waals surface area (Å²) in [6.45, 7) is 0. The van der Waals surface area contributed by atoms with Crippen LogP contribution in [0.4, 0.5) is 0 Å². The predicted molar refractivity (Wildman–Crippen MR) is 45.9 cm³/mol. The maximum Gasteiger partial charge on any atom is 0.327 e. The standard InChI is InChI=1S/C5H4N4O3.Pb/c10-3-1-2(7-4(11)6-1)8-5(12)9-3;/h(H4,6,7,8,9,10,11,12);. The van der Waals surface area contributed by atoms with Crippen molar-refractivity contribution in [2.24, 2.45) is 0 Å². The Bertz CT molecular complexity index is 588. The summed E-state index contributed by atoms with van der Waals surface area (Å²) in [6, 6.07) is 0. The normalized spacial score (nSPS) is 9.85. The van der Waals surface area contributed by atoms with E-state index in [2.05, 4.69) is 15.0 Å². The van der Waals surface area contributed by atoms with Gasteiger partial charge in [-0.1, -0.05) is 0 Å². The van der Waals surface area contributed by atoms with Gasteiger partial charge in [-0.3, -0.25) is 24.7 Å². The average molecular weight is 375 g/mol. The Labute approximate surface area is 89.7 Å². The first-order valence-electron chi connectivity index (χ1n) is 3.11. The molecule has 2 aromatic heterocycles. The molecule has 0 fully saturated rings. The predicted octanol–water partition coefficient (Wildman–Crippen LogP) is -2.15. The van der Waals surface area contributed by atoms with Gasteiger partial charge in [0.05, 0.1) is 0 Å². The summed E-state index contributed by atoms with van der Waals surface area (Å²) >= 11 is 0. The van der Waals surface area contributed by atoms with Crippen molar-refractivity contribution in [3.8, 4) is 0 Å². The number of aromatic amines is 4. The van der Waals surface area contributed by atoms with Crippen LogP contribution in [0.3, 0.4) is 0 Å². The Morgan fingerprint density at radius 2 is 1.31 bits per heavy atom. The van der Waals surface area contributed by atoms with Crippen LogP contribution in [0.1, 0.15) is 0 Å². The largest absolute Gasteiger partial charge is 0.327 e. The van der Waals surface area contributed by atoms with E-state index in [9.17, 15) is 14.4 Å². The van der Waals surface area contributed by atoms with E-state index in [1.165, 1.54) is 0 Å². The van der Waals surface area contributed by atoms with Gasteiger partial charge in [0.1, 0.15) is 11.2 Å². The Balaban J connectivity index is 0.000000845. The molecule has 4 N–H and O–H groups in total. The third kappa shape index (κ3) is 1.64. The van der Waals surface area contributed by atoms with Crippen molar-refractivity contribution in [1.29, 1.82) is 0 Å². The van der Waals surface area contributed by atoms with Gasteiger partial charge in [0, 0.05) is 27.3 Å². The van der Waals surface area contributed by atoms with E-state index in [4.69, 9.17) is 0 Å². The maximum atomic E-state index is 10.9. The minimum Gasteiger partial charge on any atom is -0.300 e. The van der Waals surface area contributed by atoms with E-state index < -0.39 is 16.9 Å². The topological polar surface area (TPSA) is 114 Å². The molecule has 2 aromatic rings. The summed E-state index contributed by atoms with van der Waals surface area (Å²) in [4.78, 5) is 41.0. The number of imidazole rings is 1. The first kappa shape index (κ1) is 9.96. The van der Waals surface area contributed by atoms with Crippen LogP contribution in [0.2, 0.25) is 0 Å². The van der Waals surface area contributed by atoms with Crippen molar-refractivity contribution in [3.05, 3.63) is 31.3 Å². The Morgan fingerprint density at radius 1 is 0.769 bits per heavy atom. The van der Waals surface area contributed by atoms with Gasteiger partial charge >= 0.3 is 11.4 Å². The van der Waals surface area contributed by atoms with Crippen molar-refractivity contribution in [1.82, 2.24) is 19.9 Å². The number of H-pyrrole nitrogens is 4. The molecule has 0 saturated heterocycles. The van der Waals surface area contributed by atoms with Gasteiger partial charge in [-0.15, -0.1) is 0 Å². The van der Waals surface area contributed by atoms with Gasteiger partial charge in [-0.05, 0) is 0 Å². The SMILES string of the molecule is O=c1[nH]c(=O)c2[nH]c(=O)[nH]c2[nH]1.[Pb]. The van der Waals surface area contributed by atoms with E-state index >= 15 is 0 Å². The summed E-state index contributed by atoms with van der Waals surface area (Å²) in [5, 5.41) is 0.